The van der Waals surface area contributed by atoms with E-state index in [9.17, 15) is 13.2 Å². The van der Waals surface area contributed by atoms with Gasteiger partial charge in [0.15, 0.2) is 11.3 Å². The van der Waals surface area contributed by atoms with Crippen LogP contribution in [-0.4, -0.2) is 19.6 Å². The summed E-state index contributed by atoms with van der Waals surface area (Å²) in [5.41, 5.74) is -0.0596. The van der Waals surface area contributed by atoms with Crippen molar-refractivity contribution in [3.63, 3.8) is 0 Å². The molecule has 0 spiro atoms. The molecule has 23 heavy (non-hydrogen) atoms. The minimum absolute atomic E-state index is 0.147. The van der Waals surface area contributed by atoms with Gasteiger partial charge in [-0.3, -0.25) is 0 Å². The van der Waals surface area contributed by atoms with E-state index < -0.39 is 11.9 Å². The molecule has 0 aliphatic carbocycles. The third-order valence-electron chi connectivity index (χ3n) is 3.14. The van der Waals surface area contributed by atoms with E-state index in [-0.39, 0.29) is 11.3 Å². The van der Waals surface area contributed by atoms with Crippen LogP contribution in [0.15, 0.2) is 41.2 Å². The second kappa shape index (κ2) is 5.14. The number of rotatable bonds is 2. The van der Waals surface area contributed by atoms with Crippen LogP contribution in [0.5, 0.6) is 0 Å². The topological polar surface area (TPSA) is 43.1 Å². The minimum atomic E-state index is -4.54. The van der Waals surface area contributed by atoms with Crippen molar-refractivity contribution < 1.29 is 13.2 Å². The van der Waals surface area contributed by atoms with Crippen LogP contribution in [0, 0.1) is 0 Å². The molecule has 9 heteroatoms. The number of fused-ring (bicyclic) bond motifs is 1. The van der Waals surface area contributed by atoms with Crippen LogP contribution < -0.4 is 0 Å². The Morgan fingerprint density at radius 1 is 1.04 bits per heavy atom. The van der Waals surface area contributed by atoms with Crippen LogP contribution in [0.3, 0.4) is 0 Å². The van der Waals surface area contributed by atoms with Gasteiger partial charge in [-0.1, -0.05) is 6.07 Å². The molecule has 0 amide bonds. The van der Waals surface area contributed by atoms with Crippen molar-refractivity contribution in [2.45, 2.75) is 6.18 Å². The highest BCUT2D eigenvalue weighted by Gasteiger charge is 2.35. The molecule has 4 rings (SSSR count). The number of thiazole rings is 1. The Bertz CT molecular complexity index is 956. The number of hydrogen-bond acceptors (Lipinski definition) is 5. The van der Waals surface area contributed by atoms with Crippen LogP contribution in [0.25, 0.3) is 26.9 Å². The number of aromatic nitrogens is 4. The monoisotopic (exact) mass is 352 g/mol. The fraction of sp³-hybridized carbons (Fsp3) is 0.0714. The molecule has 4 aromatic heterocycles. The number of thiophene rings is 1. The zero-order valence-electron chi connectivity index (χ0n) is 11.3. The Labute approximate surface area is 135 Å². The van der Waals surface area contributed by atoms with E-state index in [0.29, 0.717) is 10.7 Å². The molecule has 0 aliphatic rings. The molecular weight excluding hydrogens is 345 g/mol. The summed E-state index contributed by atoms with van der Waals surface area (Å²) in [7, 11) is 0. The van der Waals surface area contributed by atoms with E-state index in [2.05, 4.69) is 15.1 Å². The average Bonchev–Trinajstić information content (AvgIpc) is 3.24. The highest BCUT2D eigenvalue weighted by Crippen LogP contribution is 2.34. The third kappa shape index (κ3) is 2.51. The number of halogens is 3. The Morgan fingerprint density at radius 2 is 1.91 bits per heavy atom. The fourth-order valence-electron chi connectivity index (χ4n) is 2.18. The summed E-state index contributed by atoms with van der Waals surface area (Å²) in [6.07, 6.45) is -3.00. The SMILES string of the molecule is FC(F)(F)c1cc(-c2nccs2)nc2cc(-c3cccs3)nn12. The second-order valence-electron chi connectivity index (χ2n) is 4.64. The van der Waals surface area contributed by atoms with Gasteiger partial charge in [0.05, 0.1) is 4.88 Å². The summed E-state index contributed by atoms with van der Waals surface area (Å²) in [6, 6.07) is 6.17. The van der Waals surface area contributed by atoms with E-state index >= 15 is 0 Å². The largest absolute Gasteiger partial charge is 0.433 e. The van der Waals surface area contributed by atoms with Crippen LogP contribution in [0.2, 0.25) is 0 Å². The second-order valence-corrected chi connectivity index (χ2v) is 6.48. The van der Waals surface area contributed by atoms with Gasteiger partial charge in [-0.2, -0.15) is 18.3 Å². The molecule has 0 atom stereocenters. The number of nitrogens with zero attached hydrogens (tertiary/aromatic N) is 4. The predicted molar refractivity (Wildman–Crippen MR) is 82.4 cm³/mol. The van der Waals surface area contributed by atoms with Gasteiger partial charge >= 0.3 is 6.18 Å². The first-order valence-electron chi connectivity index (χ1n) is 6.44. The maximum Gasteiger partial charge on any atom is 0.433 e. The third-order valence-corrected chi connectivity index (χ3v) is 4.83. The van der Waals surface area contributed by atoms with E-state index in [1.165, 1.54) is 28.9 Å². The molecule has 4 aromatic rings. The van der Waals surface area contributed by atoms with Crippen LogP contribution in [-0.2, 0) is 6.18 Å². The van der Waals surface area contributed by atoms with Crippen molar-refractivity contribution >= 4 is 28.3 Å². The Balaban J connectivity index is 1.99. The lowest BCUT2D eigenvalue weighted by molar-refractivity contribution is -0.142. The fourth-order valence-corrected chi connectivity index (χ4v) is 3.46. The first-order valence-corrected chi connectivity index (χ1v) is 8.20. The van der Waals surface area contributed by atoms with Crippen molar-refractivity contribution in [2.75, 3.05) is 0 Å². The van der Waals surface area contributed by atoms with E-state index in [1.54, 1.807) is 17.5 Å². The summed E-state index contributed by atoms with van der Waals surface area (Å²) < 4.78 is 41.0. The van der Waals surface area contributed by atoms with E-state index in [4.69, 9.17) is 0 Å². The van der Waals surface area contributed by atoms with Gasteiger partial charge in [0.2, 0.25) is 0 Å². The number of alkyl halides is 3. The molecule has 0 saturated heterocycles. The lowest BCUT2D eigenvalue weighted by Crippen LogP contribution is -2.13. The highest BCUT2D eigenvalue weighted by atomic mass is 32.1. The first-order chi connectivity index (χ1) is 11.0. The summed E-state index contributed by atoms with van der Waals surface area (Å²) >= 11 is 2.65. The van der Waals surface area contributed by atoms with Crippen LogP contribution >= 0.6 is 22.7 Å². The average molecular weight is 352 g/mol. The molecular formula is C14H7F3N4S2. The molecule has 0 radical (unpaired) electrons. The molecule has 0 N–H and O–H groups in total. The Kier molecular flexibility index (Phi) is 3.20. The summed E-state index contributed by atoms with van der Waals surface area (Å²) in [4.78, 5) is 9.10. The van der Waals surface area contributed by atoms with Gasteiger partial charge in [-0.05, 0) is 17.5 Å². The number of hydrogen-bond donors (Lipinski definition) is 0. The molecule has 0 saturated carbocycles. The zero-order chi connectivity index (χ0) is 16.0. The van der Waals surface area contributed by atoms with E-state index in [0.717, 1.165) is 15.5 Å². The molecule has 116 valence electrons. The van der Waals surface area contributed by atoms with E-state index in [1.807, 2.05) is 11.4 Å². The molecule has 4 nitrogen and oxygen atoms in total. The molecule has 0 aromatic carbocycles. The van der Waals surface area contributed by atoms with Gasteiger partial charge in [-0.25, -0.2) is 14.5 Å². The minimum Gasteiger partial charge on any atom is -0.243 e. The Morgan fingerprint density at radius 3 is 2.57 bits per heavy atom. The lowest BCUT2D eigenvalue weighted by Gasteiger charge is -2.09. The maximum atomic E-state index is 13.4. The maximum absolute atomic E-state index is 13.4. The molecule has 4 heterocycles. The van der Waals surface area contributed by atoms with Gasteiger partial charge < -0.3 is 0 Å². The quantitative estimate of drug-likeness (QED) is 0.529. The molecule has 0 unspecified atom stereocenters. The molecule has 0 bridgehead atoms. The molecule has 0 fully saturated rings. The smallest absolute Gasteiger partial charge is 0.243 e. The highest BCUT2D eigenvalue weighted by molar-refractivity contribution is 7.13. The van der Waals surface area contributed by atoms with Gasteiger partial charge in [-0.15, -0.1) is 22.7 Å². The predicted octanol–water partition coefficient (Wildman–Crippen LogP) is 4.60. The molecule has 0 aliphatic heterocycles. The summed E-state index contributed by atoms with van der Waals surface area (Å²) in [6.45, 7) is 0. The standard InChI is InChI=1S/C14H7F3N4S2/c15-14(16,17)11-6-9(13-18-3-5-23-13)19-12-7-8(20-21(11)12)10-2-1-4-22-10/h1-7H. The van der Waals surface area contributed by atoms with Crippen molar-refractivity contribution in [3.8, 4) is 21.3 Å². The first kappa shape index (κ1) is 14.3. The van der Waals surface area contributed by atoms with Gasteiger partial charge in [0, 0.05) is 17.6 Å². The zero-order valence-corrected chi connectivity index (χ0v) is 12.9. The summed E-state index contributed by atoms with van der Waals surface area (Å²) in [5.74, 6) is 0. The van der Waals surface area contributed by atoms with Crippen LogP contribution in [0.1, 0.15) is 5.69 Å². The Hall–Kier alpha value is -2.26. The van der Waals surface area contributed by atoms with Gasteiger partial charge in [0.1, 0.15) is 16.4 Å². The van der Waals surface area contributed by atoms with Crippen LogP contribution in [0.4, 0.5) is 13.2 Å². The van der Waals surface area contributed by atoms with Crippen molar-refractivity contribution in [1.82, 2.24) is 19.6 Å². The lowest BCUT2D eigenvalue weighted by atomic mass is 10.3. The normalized spacial score (nSPS) is 12.1. The van der Waals surface area contributed by atoms with Gasteiger partial charge in [0.25, 0.3) is 0 Å². The van der Waals surface area contributed by atoms with Crippen molar-refractivity contribution in [1.29, 1.82) is 0 Å². The van der Waals surface area contributed by atoms with Crippen molar-refractivity contribution in [3.05, 3.63) is 46.9 Å². The summed E-state index contributed by atoms with van der Waals surface area (Å²) in [5, 5.41) is 8.06. The van der Waals surface area contributed by atoms with Crippen molar-refractivity contribution in [2.24, 2.45) is 0 Å².